The number of fused-ring (bicyclic) bond motifs is 1. The first-order chi connectivity index (χ1) is 6.97. The molecular formula is C10H9N3O. The van der Waals surface area contributed by atoms with Crippen LogP contribution in [0.1, 0.15) is 0 Å². The fourth-order valence-electron chi connectivity index (χ4n) is 1.03. The first kappa shape index (κ1) is 8.50. The maximum atomic E-state index is 5.09. The summed E-state index contributed by atoms with van der Waals surface area (Å²) in [5, 5.41) is 7.45. The molecule has 0 fully saturated rings. The minimum absolute atomic E-state index is 0.649. The lowest BCUT2D eigenvalue weighted by atomic mass is 10.3. The first-order valence-electron chi connectivity index (χ1n) is 4.22. The van der Waals surface area contributed by atoms with Crippen LogP contribution in [0.25, 0.3) is 0 Å². The van der Waals surface area contributed by atoms with E-state index in [0.29, 0.717) is 11.4 Å². The molecule has 1 N–H and O–H groups in total. The van der Waals surface area contributed by atoms with Crippen molar-refractivity contribution in [3.05, 3.63) is 48.5 Å². The molecule has 1 aromatic carbocycles. The molecule has 4 nitrogen and oxygen atoms in total. The van der Waals surface area contributed by atoms with Gasteiger partial charge >= 0.3 is 0 Å². The second-order valence-electron chi connectivity index (χ2n) is 2.63. The Morgan fingerprint density at radius 3 is 2.50 bits per heavy atom. The molecule has 1 aliphatic heterocycles. The first-order valence-corrected chi connectivity index (χ1v) is 4.22. The van der Waals surface area contributed by atoms with Gasteiger partial charge in [-0.1, -0.05) is 36.4 Å². The van der Waals surface area contributed by atoms with Crippen LogP contribution >= 0.6 is 0 Å². The zero-order chi connectivity index (χ0) is 9.64. The van der Waals surface area contributed by atoms with Crippen molar-refractivity contribution in [2.45, 2.75) is 0 Å². The quantitative estimate of drug-likeness (QED) is 0.678. The lowest BCUT2D eigenvalue weighted by Gasteiger charge is -2.07. The lowest BCUT2D eigenvalue weighted by molar-refractivity contribution is 0.184. The summed E-state index contributed by atoms with van der Waals surface area (Å²) in [6, 6.07) is 15.1. The number of nitrogens with one attached hydrogen (secondary N) is 1. The third-order valence-electron chi connectivity index (χ3n) is 1.66. The van der Waals surface area contributed by atoms with Crippen LogP contribution in [0.4, 0.5) is 5.69 Å². The van der Waals surface area contributed by atoms with Crippen LogP contribution in [0, 0.1) is 0 Å². The summed E-state index contributed by atoms with van der Waals surface area (Å²) in [7, 11) is 0. The molecular weight excluding hydrogens is 178 g/mol. The molecule has 70 valence electrons. The maximum Gasteiger partial charge on any atom is 0.184 e. The molecule has 1 aliphatic rings. The number of hydrogen-bond acceptors (Lipinski definition) is 4. The van der Waals surface area contributed by atoms with E-state index in [2.05, 4.69) is 15.9 Å². The van der Waals surface area contributed by atoms with Gasteiger partial charge in [0.2, 0.25) is 0 Å². The Kier molecular flexibility index (Phi) is 2.56. The summed E-state index contributed by atoms with van der Waals surface area (Å²) in [5.41, 5.74) is 3.04. The van der Waals surface area contributed by atoms with Gasteiger partial charge in [0.25, 0.3) is 0 Å². The summed E-state index contributed by atoms with van der Waals surface area (Å²) < 4.78 is 0. The van der Waals surface area contributed by atoms with E-state index in [9.17, 15) is 0 Å². The van der Waals surface area contributed by atoms with Gasteiger partial charge in [0.15, 0.2) is 5.75 Å². The Bertz CT molecular complexity index is 402. The SMILES string of the molecule is c1ccccc2c(ccc1)N=NNO2. The van der Waals surface area contributed by atoms with E-state index in [-0.39, 0.29) is 0 Å². The summed E-state index contributed by atoms with van der Waals surface area (Å²) in [6.07, 6.45) is 0. The molecule has 2 rings (SSSR count). The zero-order valence-electron chi connectivity index (χ0n) is 7.42. The normalized spacial score (nSPS) is 11.7. The fourth-order valence-corrected chi connectivity index (χ4v) is 1.03. The molecule has 0 saturated carbocycles. The van der Waals surface area contributed by atoms with Gasteiger partial charge in [0, 0.05) is 0 Å². The van der Waals surface area contributed by atoms with Crippen LogP contribution in [0.2, 0.25) is 0 Å². The van der Waals surface area contributed by atoms with Crippen molar-refractivity contribution >= 4 is 5.69 Å². The molecule has 0 aromatic heterocycles. The van der Waals surface area contributed by atoms with Crippen molar-refractivity contribution in [3.8, 4) is 5.75 Å². The lowest BCUT2D eigenvalue weighted by Crippen LogP contribution is -2.11. The standard InChI is InChI=1S/C10H9N3O/c1-2-4-6-8-10-9(7-5-3-1)11-12-13-14-10/h1-8H,(H,11,13). The van der Waals surface area contributed by atoms with Crippen LogP contribution < -0.4 is 10.4 Å². The van der Waals surface area contributed by atoms with Crippen molar-refractivity contribution in [3.63, 3.8) is 0 Å². The van der Waals surface area contributed by atoms with Crippen molar-refractivity contribution in [2.75, 3.05) is 0 Å². The molecule has 0 atom stereocenters. The van der Waals surface area contributed by atoms with Gasteiger partial charge in [-0.05, 0) is 17.4 Å². The average Bonchev–Trinajstić information content (AvgIpc) is 2.25. The number of nitrogens with zero attached hydrogens (tertiary/aromatic N) is 2. The van der Waals surface area contributed by atoms with Crippen LogP contribution in [-0.2, 0) is 0 Å². The van der Waals surface area contributed by atoms with Crippen LogP contribution in [-0.4, -0.2) is 0 Å². The highest BCUT2D eigenvalue weighted by Gasteiger charge is 2.02. The average molecular weight is 187 g/mol. The molecule has 14 heavy (non-hydrogen) atoms. The molecule has 0 spiro atoms. The van der Waals surface area contributed by atoms with Crippen LogP contribution in [0.5, 0.6) is 5.75 Å². The highest BCUT2D eigenvalue weighted by molar-refractivity contribution is 5.49. The highest BCUT2D eigenvalue weighted by Crippen LogP contribution is 2.26. The third kappa shape index (κ3) is 1.98. The second kappa shape index (κ2) is 4.23. The molecule has 1 aromatic rings. The monoisotopic (exact) mass is 187 g/mol. The molecule has 4 heteroatoms. The second-order valence-corrected chi connectivity index (χ2v) is 2.63. The van der Waals surface area contributed by atoms with E-state index in [1.54, 1.807) is 0 Å². The summed E-state index contributed by atoms with van der Waals surface area (Å²) in [5.74, 6) is 0.649. The van der Waals surface area contributed by atoms with Crippen LogP contribution in [0.15, 0.2) is 58.9 Å². The van der Waals surface area contributed by atoms with Gasteiger partial charge < -0.3 is 4.84 Å². The molecule has 0 saturated heterocycles. The number of hydrogen-bond donors (Lipinski definition) is 1. The molecule has 1 heterocycles. The van der Waals surface area contributed by atoms with E-state index in [1.165, 1.54) is 0 Å². The Morgan fingerprint density at radius 2 is 1.64 bits per heavy atom. The Hall–Kier alpha value is -2.10. The molecule has 0 unspecified atom stereocenters. The molecule has 0 aliphatic carbocycles. The van der Waals surface area contributed by atoms with E-state index in [0.717, 1.165) is 0 Å². The highest BCUT2D eigenvalue weighted by atomic mass is 16.7. The predicted octanol–water partition coefficient (Wildman–Crippen LogP) is 2.71. The topological polar surface area (TPSA) is 46.0 Å². The van der Waals surface area contributed by atoms with E-state index >= 15 is 0 Å². The molecule has 0 radical (unpaired) electrons. The molecule has 0 amide bonds. The number of rotatable bonds is 0. The van der Waals surface area contributed by atoms with Gasteiger partial charge in [0.1, 0.15) is 5.69 Å². The van der Waals surface area contributed by atoms with Gasteiger partial charge in [-0.25, -0.2) is 0 Å². The van der Waals surface area contributed by atoms with Crippen molar-refractivity contribution in [1.29, 1.82) is 0 Å². The van der Waals surface area contributed by atoms with Crippen molar-refractivity contribution in [2.24, 2.45) is 10.3 Å². The third-order valence-corrected chi connectivity index (χ3v) is 1.66. The fraction of sp³-hybridized carbons (Fsp3) is 0. The van der Waals surface area contributed by atoms with Crippen LogP contribution in [0.3, 0.4) is 0 Å². The predicted molar refractivity (Wildman–Crippen MR) is 52.3 cm³/mol. The Morgan fingerprint density at radius 1 is 0.929 bits per heavy atom. The smallest absolute Gasteiger partial charge is 0.184 e. The van der Waals surface area contributed by atoms with E-state index in [1.807, 2.05) is 48.5 Å². The van der Waals surface area contributed by atoms with E-state index in [4.69, 9.17) is 4.84 Å². The summed E-state index contributed by atoms with van der Waals surface area (Å²) >= 11 is 0. The zero-order valence-corrected chi connectivity index (χ0v) is 7.42. The van der Waals surface area contributed by atoms with Gasteiger partial charge in [-0.2, -0.15) is 0 Å². The van der Waals surface area contributed by atoms with Gasteiger partial charge in [-0.3, -0.25) is 0 Å². The minimum Gasteiger partial charge on any atom is -0.361 e. The Balaban J connectivity index is 2.56. The largest absolute Gasteiger partial charge is 0.361 e. The molecule has 0 bridgehead atoms. The van der Waals surface area contributed by atoms with Crippen molar-refractivity contribution < 1.29 is 4.84 Å². The van der Waals surface area contributed by atoms with Crippen molar-refractivity contribution in [1.82, 2.24) is 5.59 Å². The van der Waals surface area contributed by atoms with Gasteiger partial charge in [0.05, 0.1) is 0 Å². The minimum atomic E-state index is 0.649. The van der Waals surface area contributed by atoms with E-state index < -0.39 is 0 Å². The maximum absolute atomic E-state index is 5.09. The Labute approximate surface area is 81.5 Å². The summed E-state index contributed by atoms with van der Waals surface area (Å²) in [6.45, 7) is 0. The summed E-state index contributed by atoms with van der Waals surface area (Å²) in [4.78, 5) is 5.09. The van der Waals surface area contributed by atoms with Gasteiger partial charge in [-0.15, -0.1) is 10.7 Å².